The zero-order valence-corrected chi connectivity index (χ0v) is 7.37. The normalized spacial score (nSPS) is 14.1. The van der Waals surface area contributed by atoms with Crippen molar-refractivity contribution in [2.24, 2.45) is 0 Å². The van der Waals surface area contributed by atoms with Crippen LogP contribution in [0.25, 0.3) is 0 Å². The molecule has 2 rings (SSSR count). The first-order valence-electron chi connectivity index (χ1n) is 4.11. The smallest absolute Gasteiger partial charge is 0.211 e. The predicted octanol–water partition coefficient (Wildman–Crippen LogP) is 0.709. The number of carbonyl (C=O) groups is 1. The largest absolute Gasteiger partial charge is 0.329 e. The summed E-state index contributed by atoms with van der Waals surface area (Å²) in [5.41, 5.74) is 6.38. The van der Waals surface area contributed by atoms with Gasteiger partial charge in [0, 0.05) is 19.3 Å². The number of hydrazine groups is 1. The highest BCUT2D eigenvalue weighted by Crippen LogP contribution is 2.26. The molecular formula is C9H11N3O. The molecule has 1 aliphatic rings. The van der Waals surface area contributed by atoms with Gasteiger partial charge in [0.05, 0.1) is 5.69 Å². The quantitative estimate of drug-likeness (QED) is 0.654. The number of benzene rings is 1. The van der Waals surface area contributed by atoms with E-state index in [1.807, 2.05) is 30.3 Å². The lowest BCUT2D eigenvalue weighted by molar-refractivity contribution is -0.105. The van der Waals surface area contributed by atoms with Crippen molar-refractivity contribution in [1.29, 1.82) is 0 Å². The van der Waals surface area contributed by atoms with Gasteiger partial charge in [-0.2, -0.15) is 0 Å². The molecule has 1 aliphatic heterocycles. The zero-order chi connectivity index (χ0) is 9.26. The highest BCUT2D eigenvalue weighted by Gasteiger charge is 2.14. The van der Waals surface area contributed by atoms with Crippen LogP contribution in [0, 0.1) is 0 Å². The maximum Gasteiger partial charge on any atom is 0.211 e. The first-order chi connectivity index (χ1) is 6.31. The third-order valence-electron chi connectivity index (χ3n) is 2.17. The molecule has 0 saturated carbocycles. The van der Waals surface area contributed by atoms with Gasteiger partial charge in [0.15, 0.2) is 0 Å². The van der Waals surface area contributed by atoms with Crippen molar-refractivity contribution in [3.63, 3.8) is 0 Å². The van der Waals surface area contributed by atoms with Crippen LogP contribution in [0.15, 0.2) is 18.2 Å². The standard InChI is InChI=1S/C9H11N3O/c1-12-9-3-2-8(10-6-13)4-7(9)5-11-12/h2-4,6,11H,5H2,1H3,(H,10,13). The van der Waals surface area contributed by atoms with Crippen molar-refractivity contribution in [3.8, 4) is 0 Å². The highest BCUT2D eigenvalue weighted by molar-refractivity contribution is 5.74. The number of hydrogen-bond donors (Lipinski definition) is 2. The third-order valence-corrected chi connectivity index (χ3v) is 2.17. The third kappa shape index (κ3) is 1.36. The van der Waals surface area contributed by atoms with Crippen molar-refractivity contribution >= 4 is 17.8 Å². The fraction of sp³-hybridized carbons (Fsp3) is 0.222. The monoisotopic (exact) mass is 177 g/mol. The van der Waals surface area contributed by atoms with Gasteiger partial charge in [0.25, 0.3) is 0 Å². The molecule has 0 spiro atoms. The van der Waals surface area contributed by atoms with E-state index in [9.17, 15) is 4.79 Å². The summed E-state index contributed by atoms with van der Waals surface area (Å²) in [6, 6.07) is 5.85. The zero-order valence-electron chi connectivity index (χ0n) is 7.37. The Bertz CT molecular complexity index is 338. The molecule has 68 valence electrons. The van der Waals surface area contributed by atoms with E-state index in [1.54, 1.807) is 0 Å². The van der Waals surface area contributed by atoms with Crippen LogP contribution < -0.4 is 15.8 Å². The number of amides is 1. The molecule has 0 atom stereocenters. The van der Waals surface area contributed by atoms with E-state index in [4.69, 9.17) is 0 Å². The van der Waals surface area contributed by atoms with Crippen molar-refractivity contribution in [1.82, 2.24) is 5.43 Å². The Kier molecular flexibility index (Phi) is 1.90. The van der Waals surface area contributed by atoms with Gasteiger partial charge < -0.3 is 10.3 Å². The van der Waals surface area contributed by atoms with Crippen LogP contribution in [-0.4, -0.2) is 13.5 Å². The molecule has 0 aromatic heterocycles. The molecule has 0 unspecified atom stereocenters. The number of nitrogens with zero attached hydrogens (tertiary/aromatic N) is 1. The molecule has 2 N–H and O–H groups in total. The minimum atomic E-state index is 0.688. The van der Waals surface area contributed by atoms with E-state index in [2.05, 4.69) is 10.7 Å². The van der Waals surface area contributed by atoms with E-state index in [0.29, 0.717) is 6.41 Å². The van der Waals surface area contributed by atoms with E-state index in [0.717, 1.165) is 17.9 Å². The maximum atomic E-state index is 10.2. The van der Waals surface area contributed by atoms with E-state index in [-0.39, 0.29) is 0 Å². The van der Waals surface area contributed by atoms with Crippen molar-refractivity contribution in [2.75, 3.05) is 17.4 Å². The first-order valence-corrected chi connectivity index (χ1v) is 4.11. The van der Waals surface area contributed by atoms with E-state index < -0.39 is 0 Å². The number of rotatable bonds is 2. The number of hydrogen-bond acceptors (Lipinski definition) is 3. The molecular weight excluding hydrogens is 166 g/mol. The van der Waals surface area contributed by atoms with Crippen LogP contribution in [0.2, 0.25) is 0 Å². The first kappa shape index (κ1) is 8.07. The van der Waals surface area contributed by atoms with Gasteiger partial charge in [0.1, 0.15) is 0 Å². The average molecular weight is 177 g/mol. The number of fused-ring (bicyclic) bond motifs is 1. The van der Waals surface area contributed by atoms with Crippen LogP contribution in [-0.2, 0) is 11.3 Å². The Morgan fingerprint density at radius 2 is 2.46 bits per heavy atom. The summed E-state index contributed by atoms with van der Waals surface area (Å²) in [7, 11) is 1.97. The lowest BCUT2D eigenvalue weighted by Gasteiger charge is -2.11. The summed E-state index contributed by atoms with van der Waals surface area (Å²) in [6.07, 6.45) is 0.688. The molecule has 1 heterocycles. The summed E-state index contributed by atoms with van der Waals surface area (Å²) >= 11 is 0. The Hall–Kier alpha value is -1.55. The summed E-state index contributed by atoms with van der Waals surface area (Å²) in [5, 5.41) is 4.60. The van der Waals surface area contributed by atoms with Gasteiger partial charge in [-0.15, -0.1) is 0 Å². The Morgan fingerprint density at radius 3 is 3.23 bits per heavy atom. The lowest BCUT2D eigenvalue weighted by atomic mass is 10.1. The topological polar surface area (TPSA) is 44.4 Å². The van der Waals surface area contributed by atoms with Crippen molar-refractivity contribution in [2.45, 2.75) is 6.54 Å². The van der Waals surface area contributed by atoms with Gasteiger partial charge in [-0.05, 0) is 23.8 Å². The van der Waals surface area contributed by atoms with Crippen molar-refractivity contribution < 1.29 is 4.79 Å². The van der Waals surface area contributed by atoms with Crippen LogP contribution >= 0.6 is 0 Å². The van der Waals surface area contributed by atoms with Crippen molar-refractivity contribution in [3.05, 3.63) is 23.8 Å². The molecule has 0 bridgehead atoms. The van der Waals surface area contributed by atoms with E-state index in [1.165, 1.54) is 5.56 Å². The molecule has 4 heteroatoms. The summed E-state index contributed by atoms with van der Waals surface area (Å²) in [6.45, 7) is 0.820. The second-order valence-electron chi connectivity index (χ2n) is 3.00. The van der Waals surface area contributed by atoms with E-state index >= 15 is 0 Å². The Balaban J connectivity index is 2.33. The molecule has 4 nitrogen and oxygen atoms in total. The lowest BCUT2D eigenvalue weighted by Crippen LogP contribution is -2.26. The fourth-order valence-electron chi connectivity index (χ4n) is 1.50. The SMILES string of the molecule is CN1NCc2cc(NC=O)ccc21. The maximum absolute atomic E-state index is 10.2. The van der Waals surface area contributed by atoms with Gasteiger partial charge in [-0.1, -0.05) is 0 Å². The molecule has 0 fully saturated rings. The minimum absolute atomic E-state index is 0.688. The summed E-state index contributed by atoms with van der Waals surface area (Å²) in [4.78, 5) is 10.2. The fourth-order valence-corrected chi connectivity index (χ4v) is 1.50. The predicted molar refractivity (Wildman–Crippen MR) is 51.4 cm³/mol. The van der Waals surface area contributed by atoms with Crippen LogP contribution in [0.1, 0.15) is 5.56 Å². The molecule has 1 amide bonds. The summed E-state index contributed by atoms with van der Waals surface area (Å²) < 4.78 is 0. The highest BCUT2D eigenvalue weighted by atomic mass is 16.1. The number of carbonyl (C=O) groups excluding carboxylic acids is 1. The van der Waals surface area contributed by atoms with Crippen LogP contribution in [0.3, 0.4) is 0 Å². The Morgan fingerprint density at radius 1 is 1.62 bits per heavy atom. The van der Waals surface area contributed by atoms with Crippen LogP contribution in [0.4, 0.5) is 11.4 Å². The number of anilines is 2. The van der Waals surface area contributed by atoms with Gasteiger partial charge in [-0.3, -0.25) is 4.79 Å². The Labute approximate surface area is 76.5 Å². The van der Waals surface area contributed by atoms with Gasteiger partial charge in [-0.25, -0.2) is 5.43 Å². The second kappa shape index (κ2) is 3.06. The molecule has 13 heavy (non-hydrogen) atoms. The molecule has 0 aliphatic carbocycles. The number of nitrogens with one attached hydrogen (secondary N) is 2. The second-order valence-corrected chi connectivity index (χ2v) is 3.00. The van der Waals surface area contributed by atoms with Crippen LogP contribution in [0.5, 0.6) is 0 Å². The molecule has 0 saturated heterocycles. The molecule has 1 aromatic carbocycles. The van der Waals surface area contributed by atoms with Gasteiger partial charge >= 0.3 is 0 Å². The van der Waals surface area contributed by atoms with Gasteiger partial charge in [0.2, 0.25) is 6.41 Å². The average Bonchev–Trinajstić information content (AvgIpc) is 2.48. The molecule has 0 radical (unpaired) electrons. The summed E-state index contributed by atoms with van der Waals surface area (Å²) in [5.74, 6) is 0. The molecule has 1 aromatic rings. The minimum Gasteiger partial charge on any atom is -0.329 e.